The van der Waals surface area contributed by atoms with Gasteiger partial charge < -0.3 is 5.32 Å². The number of hydrogen-bond donors (Lipinski definition) is 2. The van der Waals surface area contributed by atoms with Gasteiger partial charge in [0.1, 0.15) is 0 Å². The number of pyridine rings is 2. The molecular weight excluding hydrogens is 288 g/mol. The maximum absolute atomic E-state index is 12.3. The zero-order chi connectivity index (χ0) is 15.1. The zero-order valence-corrected chi connectivity index (χ0v) is 12.6. The van der Waals surface area contributed by atoms with Crippen molar-refractivity contribution in [2.75, 3.05) is 18.4 Å². The van der Waals surface area contributed by atoms with E-state index in [-0.39, 0.29) is 5.03 Å². The minimum Gasteiger partial charge on any atom is -0.383 e. The quantitative estimate of drug-likeness (QED) is 0.808. The van der Waals surface area contributed by atoms with Crippen molar-refractivity contribution in [2.45, 2.75) is 18.4 Å². The highest BCUT2D eigenvalue weighted by Crippen LogP contribution is 2.17. The Hall–Kier alpha value is -1.99. The molecule has 0 fully saturated rings. The largest absolute Gasteiger partial charge is 0.383 e. The van der Waals surface area contributed by atoms with Crippen LogP contribution in [0.25, 0.3) is 0 Å². The Bertz CT molecular complexity index is 674. The Labute approximate surface area is 124 Å². The molecule has 2 rings (SSSR count). The highest BCUT2D eigenvalue weighted by Gasteiger charge is 2.19. The van der Waals surface area contributed by atoms with Crippen molar-refractivity contribution in [1.29, 1.82) is 0 Å². The molecule has 6 nitrogen and oxygen atoms in total. The van der Waals surface area contributed by atoms with Crippen LogP contribution in [0.15, 0.2) is 47.9 Å². The van der Waals surface area contributed by atoms with Crippen LogP contribution >= 0.6 is 0 Å². The van der Waals surface area contributed by atoms with Crippen LogP contribution in [0.5, 0.6) is 0 Å². The maximum atomic E-state index is 12.3. The Morgan fingerprint density at radius 1 is 1.14 bits per heavy atom. The second-order valence-electron chi connectivity index (χ2n) is 4.39. The molecule has 0 aliphatic heterocycles. The van der Waals surface area contributed by atoms with Crippen LogP contribution in [0.1, 0.15) is 12.5 Å². The number of rotatable bonds is 7. The van der Waals surface area contributed by atoms with Gasteiger partial charge in [0, 0.05) is 31.7 Å². The first-order valence-corrected chi connectivity index (χ1v) is 8.19. The van der Waals surface area contributed by atoms with Crippen LogP contribution in [-0.4, -0.2) is 31.5 Å². The third kappa shape index (κ3) is 4.24. The monoisotopic (exact) mass is 306 g/mol. The number of sulfonamides is 1. The normalized spacial score (nSPS) is 11.3. The van der Waals surface area contributed by atoms with E-state index < -0.39 is 10.0 Å². The van der Waals surface area contributed by atoms with Gasteiger partial charge in [-0.2, -0.15) is 0 Å². The van der Waals surface area contributed by atoms with Gasteiger partial charge in [-0.05, 0) is 43.2 Å². The molecule has 0 aliphatic carbocycles. The van der Waals surface area contributed by atoms with E-state index >= 15 is 0 Å². The Kier molecular flexibility index (Phi) is 5.24. The van der Waals surface area contributed by atoms with E-state index in [1.165, 1.54) is 6.20 Å². The number of nitrogens with zero attached hydrogens (tertiary/aromatic N) is 2. The van der Waals surface area contributed by atoms with Crippen LogP contribution in [0, 0.1) is 0 Å². The molecule has 112 valence electrons. The molecule has 0 aromatic carbocycles. The van der Waals surface area contributed by atoms with Gasteiger partial charge in [0.25, 0.3) is 10.0 Å². The molecule has 2 aromatic heterocycles. The van der Waals surface area contributed by atoms with Crippen molar-refractivity contribution >= 4 is 15.7 Å². The fourth-order valence-corrected chi connectivity index (χ4v) is 3.01. The van der Waals surface area contributed by atoms with Crippen LogP contribution in [0.3, 0.4) is 0 Å². The number of anilines is 1. The van der Waals surface area contributed by atoms with E-state index in [0.717, 1.165) is 5.56 Å². The molecule has 0 radical (unpaired) electrons. The first kappa shape index (κ1) is 15.4. The fraction of sp³-hybridized carbons (Fsp3) is 0.286. The molecule has 2 aromatic rings. The average molecular weight is 306 g/mol. The molecule has 2 N–H and O–H groups in total. The minimum atomic E-state index is -3.62. The summed E-state index contributed by atoms with van der Waals surface area (Å²) in [7, 11) is -3.62. The van der Waals surface area contributed by atoms with Gasteiger partial charge >= 0.3 is 0 Å². The summed E-state index contributed by atoms with van der Waals surface area (Å²) >= 11 is 0. The molecular formula is C14H18N4O2S. The second-order valence-corrected chi connectivity index (χ2v) is 6.07. The maximum Gasteiger partial charge on any atom is 0.260 e. The van der Waals surface area contributed by atoms with Crippen LogP contribution < -0.4 is 10.0 Å². The van der Waals surface area contributed by atoms with Gasteiger partial charge in [-0.3, -0.25) is 4.98 Å². The molecule has 0 aliphatic rings. The minimum absolute atomic E-state index is 0.0292. The lowest BCUT2D eigenvalue weighted by Crippen LogP contribution is -2.27. The van der Waals surface area contributed by atoms with Crippen LogP contribution in [0.2, 0.25) is 0 Å². The zero-order valence-electron chi connectivity index (χ0n) is 11.8. The molecule has 0 bridgehead atoms. The number of nitrogens with one attached hydrogen (secondary N) is 2. The van der Waals surface area contributed by atoms with Gasteiger partial charge in [0.05, 0.1) is 5.69 Å². The van der Waals surface area contributed by atoms with Crippen molar-refractivity contribution < 1.29 is 8.42 Å². The van der Waals surface area contributed by atoms with Crippen molar-refractivity contribution in [3.05, 3.63) is 48.4 Å². The topological polar surface area (TPSA) is 84.0 Å². The van der Waals surface area contributed by atoms with E-state index in [9.17, 15) is 8.42 Å². The van der Waals surface area contributed by atoms with Crippen molar-refractivity contribution in [2.24, 2.45) is 0 Å². The standard InChI is InChI=1S/C14H18N4O2S/c1-2-16-13-4-3-8-17-14(13)21(19,20)18-11-7-12-5-9-15-10-6-12/h3-6,8-10,16,18H,2,7,11H2,1H3. The summed E-state index contributed by atoms with van der Waals surface area (Å²) in [6.45, 7) is 2.85. The summed E-state index contributed by atoms with van der Waals surface area (Å²) in [6, 6.07) is 7.13. The molecule has 0 amide bonds. The third-order valence-electron chi connectivity index (χ3n) is 2.85. The van der Waals surface area contributed by atoms with Gasteiger partial charge in [0.15, 0.2) is 5.03 Å². The second kappa shape index (κ2) is 7.14. The molecule has 0 saturated carbocycles. The summed E-state index contributed by atoms with van der Waals surface area (Å²) in [5.41, 5.74) is 1.54. The predicted octanol–water partition coefficient (Wildman–Crippen LogP) is 1.43. The Morgan fingerprint density at radius 3 is 2.62 bits per heavy atom. The Morgan fingerprint density at radius 2 is 1.90 bits per heavy atom. The summed E-state index contributed by atoms with van der Waals surface area (Å²) in [5.74, 6) is 0. The Balaban J connectivity index is 2.05. The summed E-state index contributed by atoms with van der Waals surface area (Å²) in [5, 5.41) is 3.03. The van der Waals surface area contributed by atoms with Gasteiger partial charge in [-0.25, -0.2) is 18.1 Å². The molecule has 0 spiro atoms. The highest BCUT2D eigenvalue weighted by molar-refractivity contribution is 7.89. The molecule has 0 atom stereocenters. The van der Waals surface area contributed by atoms with Gasteiger partial charge in [-0.15, -0.1) is 0 Å². The van der Waals surface area contributed by atoms with E-state index in [4.69, 9.17) is 0 Å². The van der Waals surface area contributed by atoms with E-state index in [1.54, 1.807) is 24.5 Å². The molecule has 7 heteroatoms. The highest BCUT2D eigenvalue weighted by atomic mass is 32.2. The summed E-state index contributed by atoms with van der Waals surface area (Å²) in [6.07, 6.45) is 5.45. The van der Waals surface area contributed by atoms with Crippen molar-refractivity contribution in [3.63, 3.8) is 0 Å². The molecule has 21 heavy (non-hydrogen) atoms. The van der Waals surface area contributed by atoms with E-state index in [1.807, 2.05) is 19.1 Å². The lowest BCUT2D eigenvalue weighted by molar-refractivity contribution is 0.578. The average Bonchev–Trinajstić information content (AvgIpc) is 2.49. The van der Waals surface area contributed by atoms with E-state index in [0.29, 0.717) is 25.2 Å². The predicted molar refractivity (Wildman–Crippen MR) is 81.5 cm³/mol. The smallest absolute Gasteiger partial charge is 0.260 e. The third-order valence-corrected chi connectivity index (χ3v) is 4.27. The van der Waals surface area contributed by atoms with Crippen molar-refractivity contribution in [3.8, 4) is 0 Å². The van der Waals surface area contributed by atoms with Gasteiger partial charge in [-0.1, -0.05) is 0 Å². The first-order valence-electron chi connectivity index (χ1n) is 6.71. The first-order chi connectivity index (χ1) is 10.1. The van der Waals surface area contributed by atoms with Crippen LogP contribution in [0.4, 0.5) is 5.69 Å². The summed E-state index contributed by atoms with van der Waals surface area (Å²) in [4.78, 5) is 7.90. The van der Waals surface area contributed by atoms with Crippen LogP contribution in [-0.2, 0) is 16.4 Å². The number of hydrogen-bond acceptors (Lipinski definition) is 5. The molecule has 2 heterocycles. The van der Waals surface area contributed by atoms with E-state index in [2.05, 4.69) is 20.0 Å². The fourth-order valence-electron chi connectivity index (χ4n) is 1.88. The molecule has 0 saturated heterocycles. The molecule has 0 unspecified atom stereocenters. The lowest BCUT2D eigenvalue weighted by atomic mass is 10.2. The number of aromatic nitrogens is 2. The van der Waals surface area contributed by atoms with Gasteiger partial charge in [0.2, 0.25) is 0 Å². The SMILES string of the molecule is CCNc1cccnc1S(=O)(=O)NCCc1ccncc1. The lowest BCUT2D eigenvalue weighted by Gasteiger charge is -2.11. The van der Waals surface area contributed by atoms with Crippen molar-refractivity contribution in [1.82, 2.24) is 14.7 Å². The summed E-state index contributed by atoms with van der Waals surface area (Å²) < 4.78 is 27.2.